The zero-order valence-corrected chi connectivity index (χ0v) is 10.1. The molecule has 0 aliphatic carbocycles. The molecule has 8 heteroatoms. The van der Waals surface area contributed by atoms with E-state index in [9.17, 15) is 18.0 Å². The molecule has 1 fully saturated rings. The number of piperazine rings is 1. The monoisotopic (exact) mass is 269 g/mol. The molecule has 1 saturated heterocycles. The number of nitrogens with zero attached hydrogens (tertiary/aromatic N) is 2. The van der Waals surface area contributed by atoms with Crippen LogP contribution in [0.3, 0.4) is 0 Å². The van der Waals surface area contributed by atoms with E-state index in [1.165, 1.54) is 4.90 Å². The summed E-state index contributed by atoms with van der Waals surface area (Å²) in [6.45, 7) is 1.84. The number of halogens is 3. The molecule has 0 bridgehead atoms. The van der Waals surface area contributed by atoms with Gasteiger partial charge in [0.05, 0.1) is 0 Å². The molecule has 0 aromatic rings. The first kappa shape index (κ1) is 15.2. The fourth-order valence-electron chi connectivity index (χ4n) is 1.75. The van der Waals surface area contributed by atoms with E-state index in [-0.39, 0.29) is 0 Å². The molecule has 1 heterocycles. The summed E-state index contributed by atoms with van der Waals surface area (Å²) < 4.78 is 39.8. The Morgan fingerprint density at radius 1 is 1.22 bits per heavy atom. The third-order valence-corrected chi connectivity index (χ3v) is 2.66. The Morgan fingerprint density at radius 3 is 2.33 bits per heavy atom. The van der Waals surface area contributed by atoms with Crippen LogP contribution in [0.25, 0.3) is 0 Å². The number of rotatable bonds is 5. The number of carbonyl (C=O) groups excluding carboxylic acids is 1. The summed E-state index contributed by atoms with van der Waals surface area (Å²) in [5, 5.41) is 0. The fourth-order valence-corrected chi connectivity index (χ4v) is 1.75. The maximum absolute atomic E-state index is 11.8. The Morgan fingerprint density at radius 2 is 1.83 bits per heavy atom. The lowest BCUT2D eigenvalue weighted by molar-refractivity contribution is -0.178. The SMILES string of the molecule is NCCN1CCN(C(=O)COCC(F)(F)F)CC1. The molecule has 106 valence electrons. The van der Waals surface area contributed by atoms with Crippen molar-refractivity contribution in [2.45, 2.75) is 6.18 Å². The van der Waals surface area contributed by atoms with Crippen LogP contribution in [0.15, 0.2) is 0 Å². The van der Waals surface area contributed by atoms with Gasteiger partial charge in [0.15, 0.2) is 0 Å². The quantitative estimate of drug-likeness (QED) is 0.742. The Balaban J connectivity index is 2.20. The second-order valence-electron chi connectivity index (χ2n) is 4.12. The summed E-state index contributed by atoms with van der Waals surface area (Å²) in [5.41, 5.74) is 5.41. The minimum atomic E-state index is -4.39. The lowest BCUT2D eigenvalue weighted by atomic mass is 10.3. The highest BCUT2D eigenvalue weighted by molar-refractivity contribution is 5.77. The van der Waals surface area contributed by atoms with Crippen molar-refractivity contribution in [1.29, 1.82) is 0 Å². The number of ether oxygens (including phenoxy) is 1. The number of hydrogen-bond acceptors (Lipinski definition) is 4. The highest BCUT2D eigenvalue weighted by atomic mass is 19.4. The summed E-state index contributed by atoms with van der Waals surface area (Å²) in [4.78, 5) is 15.2. The normalized spacial score (nSPS) is 18.1. The van der Waals surface area contributed by atoms with E-state index in [0.29, 0.717) is 32.7 Å². The summed E-state index contributed by atoms with van der Waals surface area (Å²) in [6.07, 6.45) is -4.39. The van der Waals surface area contributed by atoms with Gasteiger partial charge in [-0.05, 0) is 0 Å². The van der Waals surface area contributed by atoms with Crippen molar-refractivity contribution in [3.8, 4) is 0 Å². The van der Waals surface area contributed by atoms with Crippen molar-refractivity contribution in [2.24, 2.45) is 5.73 Å². The van der Waals surface area contributed by atoms with Gasteiger partial charge >= 0.3 is 6.18 Å². The molecular weight excluding hydrogens is 251 g/mol. The number of nitrogens with two attached hydrogens (primary N) is 1. The smallest absolute Gasteiger partial charge is 0.362 e. The van der Waals surface area contributed by atoms with Crippen LogP contribution in [0, 0.1) is 0 Å². The maximum atomic E-state index is 11.8. The third kappa shape index (κ3) is 5.65. The van der Waals surface area contributed by atoms with E-state index in [1.807, 2.05) is 0 Å². The molecule has 2 N–H and O–H groups in total. The topological polar surface area (TPSA) is 58.8 Å². The van der Waals surface area contributed by atoms with Crippen LogP contribution in [-0.4, -0.2) is 74.4 Å². The van der Waals surface area contributed by atoms with Gasteiger partial charge < -0.3 is 15.4 Å². The van der Waals surface area contributed by atoms with Gasteiger partial charge in [0.2, 0.25) is 5.91 Å². The van der Waals surface area contributed by atoms with Crippen molar-refractivity contribution in [1.82, 2.24) is 9.80 Å². The Labute approximate surface area is 104 Å². The molecule has 0 spiro atoms. The molecule has 18 heavy (non-hydrogen) atoms. The van der Waals surface area contributed by atoms with Gasteiger partial charge in [-0.2, -0.15) is 13.2 Å². The van der Waals surface area contributed by atoms with Crippen molar-refractivity contribution >= 4 is 5.91 Å². The van der Waals surface area contributed by atoms with Gasteiger partial charge in [-0.3, -0.25) is 9.69 Å². The van der Waals surface area contributed by atoms with E-state index >= 15 is 0 Å². The Kier molecular flexibility index (Phi) is 5.83. The molecular formula is C10H18F3N3O2. The second kappa shape index (κ2) is 6.91. The van der Waals surface area contributed by atoms with E-state index in [2.05, 4.69) is 9.64 Å². The van der Waals surface area contributed by atoms with Crippen LogP contribution < -0.4 is 5.73 Å². The second-order valence-corrected chi connectivity index (χ2v) is 4.12. The lowest BCUT2D eigenvalue weighted by Crippen LogP contribution is -2.50. The van der Waals surface area contributed by atoms with Crippen LogP contribution in [0.5, 0.6) is 0 Å². The molecule has 1 amide bonds. The Bertz CT molecular complexity index is 266. The fraction of sp³-hybridized carbons (Fsp3) is 0.900. The van der Waals surface area contributed by atoms with Crippen LogP contribution in [0.4, 0.5) is 13.2 Å². The summed E-state index contributed by atoms with van der Waals surface area (Å²) >= 11 is 0. The maximum Gasteiger partial charge on any atom is 0.411 e. The van der Waals surface area contributed by atoms with Gasteiger partial charge in [0, 0.05) is 39.3 Å². The highest BCUT2D eigenvalue weighted by Gasteiger charge is 2.28. The zero-order chi connectivity index (χ0) is 13.6. The van der Waals surface area contributed by atoms with E-state index in [0.717, 1.165) is 6.54 Å². The number of carbonyl (C=O) groups is 1. The summed E-state index contributed by atoms with van der Waals surface area (Å²) in [6, 6.07) is 0. The molecule has 0 aromatic heterocycles. The molecule has 1 aliphatic rings. The van der Waals surface area contributed by atoms with Crippen molar-refractivity contribution < 1.29 is 22.7 Å². The van der Waals surface area contributed by atoms with Gasteiger partial charge in [0.1, 0.15) is 13.2 Å². The predicted molar refractivity (Wildman–Crippen MR) is 58.9 cm³/mol. The summed E-state index contributed by atoms with van der Waals surface area (Å²) in [7, 11) is 0. The predicted octanol–water partition coefficient (Wildman–Crippen LogP) is -0.332. The van der Waals surface area contributed by atoms with Crippen molar-refractivity contribution in [3.05, 3.63) is 0 Å². The molecule has 0 unspecified atom stereocenters. The van der Waals surface area contributed by atoms with Gasteiger partial charge in [-0.15, -0.1) is 0 Å². The minimum Gasteiger partial charge on any atom is -0.362 e. The van der Waals surface area contributed by atoms with E-state index in [4.69, 9.17) is 5.73 Å². The number of hydrogen-bond donors (Lipinski definition) is 1. The molecule has 1 rings (SSSR count). The zero-order valence-electron chi connectivity index (χ0n) is 10.1. The highest BCUT2D eigenvalue weighted by Crippen LogP contribution is 2.14. The molecule has 1 aliphatic heterocycles. The molecule has 0 atom stereocenters. The van der Waals surface area contributed by atoms with Gasteiger partial charge in [-0.25, -0.2) is 0 Å². The first-order valence-corrected chi connectivity index (χ1v) is 5.77. The first-order valence-electron chi connectivity index (χ1n) is 5.77. The standard InChI is InChI=1S/C10H18F3N3O2/c11-10(12,13)8-18-7-9(17)16-5-3-15(2-1-14)4-6-16/h1-8,14H2. The van der Waals surface area contributed by atoms with E-state index < -0.39 is 25.3 Å². The minimum absolute atomic E-state index is 0.397. The Hall–Kier alpha value is -0.860. The average Bonchev–Trinajstić information content (AvgIpc) is 2.28. The first-order chi connectivity index (χ1) is 8.42. The van der Waals surface area contributed by atoms with Gasteiger partial charge in [-0.1, -0.05) is 0 Å². The molecule has 0 aromatic carbocycles. The molecule has 0 radical (unpaired) electrons. The largest absolute Gasteiger partial charge is 0.411 e. The van der Waals surface area contributed by atoms with Crippen molar-refractivity contribution in [2.75, 3.05) is 52.5 Å². The molecule has 0 saturated carbocycles. The third-order valence-electron chi connectivity index (χ3n) is 2.66. The summed E-state index contributed by atoms with van der Waals surface area (Å²) in [5.74, 6) is -0.397. The number of alkyl halides is 3. The molecule has 5 nitrogen and oxygen atoms in total. The van der Waals surface area contributed by atoms with Crippen LogP contribution in [-0.2, 0) is 9.53 Å². The van der Waals surface area contributed by atoms with Crippen LogP contribution >= 0.6 is 0 Å². The lowest BCUT2D eigenvalue weighted by Gasteiger charge is -2.34. The average molecular weight is 269 g/mol. The van der Waals surface area contributed by atoms with Crippen LogP contribution in [0.2, 0.25) is 0 Å². The van der Waals surface area contributed by atoms with Gasteiger partial charge in [0.25, 0.3) is 0 Å². The van der Waals surface area contributed by atoms with E-state index in [1.54, 1.807) is 0 Å². The van der Waals surface area contributed by atoms with Crippen LogP contribution in [0.1, 0.15) is 0 Å². The number of amides is 1. The van der Waals surface area contributed by atoms with Crippen molar-refractivity contribution in [3.63, 3.8) is 0 Å².